The largest absolute Gasteiger partial charge is 0.316 e. The third-order valence-electron chi connectivity index (χ3n) is 2.63. The van der Waals surface area contributed by atoms with Gasteiger partial charge in [0.2, 0.25) is 0 Å². The summed E-state index contributed by atoms with van der Waals surface area (Å²) in [6, 6.07) is 8.52. The van der Waals surface area contributed by atoms with E-state index in [9.17, 15) is 0 Å². The molecule has 1 aromatic carbocycles. The van der Waals surface area contributed by atoms with Crippen molar-refractivity contribution in [3.8, 4) is 0 Å². The van der Waals surface area contributed by atoms with Crippen LogP contribution >= 0.6 is 15.9 Å². The lowest BCUT2D eigenvalue weighted by atomic mass is 9.99. The van der Waals surface area contributed by atoms with E-state index in [0.717, 1.165) is 5.92 Å². The molecule has 1 saturated heterocycles. The predicted molar refractivity (Wildman–Crippen MR) is 58.8 cm³/mol. The Kier molecular flexibility index (Phi) is 3.01. The summed E-state index contributed by atoms with van der Waals surface area (Å²) in [7, 11) is 0. The molecule has 2 heteroatoms. The molecule has 70 valence electrons. The van der Waals surface area contributed by atoms with Gasteiger partial charge in [0.15, 0.2) is 0 Å². The zero-order valence-corrected chi connectivity index (χ0v) is 9.18. The molecule has 0 aromatic heterocycles. The van der Waals surface area contributed by atoms with Crippen molar-refractivity contribution in [1.29, 1.82) is 0 Å². The van der Waals surface area contributed by atoms with E-state index >= 15 is 0 Å². The number of nitrogens with one attached hydrogen (secondary N) is 1. The van der Waals surface area contributed by atoms with E-state index in [4.69, 9.17) is 0 Å². The Morgan fingerprint density at radius 1 is 1.38 bits per heavy atom. The van der Waals surface area contributed by atoms with Gasteiger partial charge < -0.3 is 5.32 Å². The van der Waals surface area contributed by atoms with E-state index in [0.29, 0.717) is 0 Å². The molecule has 1 aliphatic rings. The lowest BCUT2D eigenvalue weighted by molar-refractivity contribution is 0.579. The minimum Gasteiger partial charge on any atom is -0.316 e. The summed E-state index contributed by atoms with van der Waals surface area (Å²) in [5.74, 6) is 0.832. The van der Waals surface area contributed by atoms with Gasteiger partial charge in [0.05, 0.1) is 0 Å². The van der Waals surface area contributed by atoms with E-state index < -0.39 is 0 Å². The Morgan fingerprint density at radius 3 is 2.92 bits per heavy atom. The number of benzene rings is 1. The van der Waals surface area contributed by atoms with Gasteiger partial charge in [-0.2, -0.15) is 0 Å². The fourth-order valence-corrected chi connectivity index (χ4v) is 2.31. The third kappa shape index (κ3) is 2.32. The summed E-state index contributed by atoms with van der Waals surface area (Å²) < 4.78 is 1.25. The normalized spacial score (nSPS) is 22.1. The zero-order valence-electron chi connectivity index (χ0n) is 7.59. The topological polar surface area (TPSA) is 12.0 Å². The van der Waals surface area contributed by atoms with Crippen LogP contribution in [0.25, 0.3) is 0 Å². The van der Waals surface area contributed by atoms with E-state index in [2.05, 4.69) is 45.5 Å². The highest BCUT2D eigenvalue weighted by atomic mass is 79.9. The molecule has 0 saturated carbocycles. The highest BCUT2D eigenvalue weighted by molar-refractivity contribution is 9.10. The monoisotopic (exact) mass is 239 g/mol. The molecule has 0 aliphatic carbocycles. The van der Waals surface area contributed by atoms with Gasteiger partial charge in [-0.1, -0.05) is 34.1 Å². The Balaban J connectivity index is 2.04. The van der Waals surface area contributed by atoms with Crippen LogP contribution in [0.4, 0.5) is 0 Å². The van der Waals surface area contributed by atoms with Gasteiger partial charge in [0.25, 0.3) is 0 Å². The molecule has 2 rings (SSSR count). The van der Waals surface area contributed by atoms with Crippen molar-refractivity contribution >= 4 is 15.9 Å². The van der Waals surface area contributed by atoms with Crippen molar-refractivity contribution in [3.63, 3.8) is 0 Å². The molecule has 13 heavy (non-hydrogen) atoms. The van der Waals surface area contributed by atoms with Crippen LogP contribution in [-0.4, -0.2) is 13.1 Å². The van der Waals surface area contributed by atoms with Gasteiger partial charge in [0, 0.05) is 4.47 Å². The Labute approximate surface area is 87.7 Å². The molecule has 1 fully saturated rings. The first-order valence-electron chi connectivity index (χ1n) is 4.80. The molecule has 1 aliphatic heterocycles. The molecule has 1 atom stereocenters. The van der Waals surface area contributed by atoms with Crippen LogP contribution in [0.3, 0.4) is 0 Å². The Morgan fingerprint density at radius 2 is 2.23 bits per heavy atom. The fourth-order valence-electron chi connectivity index (χ4n) is 1.86. The molecule has 0 amide bonds. The van der Waals surface area contributed by atoms with Crippen molar-refractivity contribution in [2.45, 2.75) is 12.8 Å². The zero-order chi connectivity index (χ0) is 9.10. The first kappa shape index (κ1) is 9.22. The third-order valence-corrected chi connectivity index (χ3v) is 3.40. The second kappa shape index (κ2) is 4.25. The van der Waals surface area contributed by atoms with Gasteiger partial charge in [-0.3, -0.25) is 0 Å². The maximum atomic E-state index is 3.58. The standard InChI is InChI=1S/C11H14BrN/c12-11-4-2-1-3-10(11)7-9-5-6-13-8-9/h1-4,9,13H,5-8H2/t9-/m1/s1. The van der Waals surface area contributed by atoms with E-state index in [-0.39, 0.29) is 0 Å². The number of hydrogen-bond donors (Lipinski definition) is 1. The second-order valence-corrected chi connectivity index (χ2v) is 4.51. The van der Waals surface area contributed by atoms with Crippen LogP contribution in [0, 0.1) is 5.92 Å². The highest BCUT2D eigenvalue weighted by Gasteiger charge is 2.15. The minimum absolute atomic E-state index is 0.832. The summed E-state index contributed by atoms with van der Waals surface area (Å²) in [6.07, 6.45) is 2.52. The van der Waals surface area contributed by atoms with E-state index in [1.54, 1.807) is 0 Å². The van der Waals surface area contributed by atoms with Crippen molar-refractivity contribution in [1.82, 2.24) is 5.32 Å². The molecule has 1 nitrogen and oxygen atoms in total. The van der Waals surface area contributed by atoms with E-state index in [1.807, 2.05) is 0 Å². The maximum absolute atomic E-state index is 3.58. The van der Waals surface area contributed by atoms with Gasteiger partial charge in [-0.15, -0.1) is 0 Å². The maximum Gasteiger partial charge on any atom is 0.0207 e. The summed E-state index contributed by atoms with van der Waals surface area (Å²) in [4.78, 5) is 0. The lowest BCUT2D eigenvalue weighted by Crippen LogP contribution is -2.10. The van der Waals surface area contributed by atoms with Crippen LogP contribution in [0.5, 0.6) is 0 Å². The Hall–Kier alpha value is -0.340. The van der Waals surface area contributed by atoms with Gasteiger partial charge in [0.1, 0.15) is 0 Å². The molecule has 1 aromatic rings. The smallest absolute Gasteiger partial charge is 0.0207 e. The molecule has 1 heterocycles. The van der Waals surface area contributed by atoms with Crippen LogP contribution in [0.1, 0.15) is 12.0 Å². The fraction of sp³-hybridized carbons (Fsp3) is 0.455. The number of rotatable bonds is 2. The van der Waals surface area contributed by atoms with Crippen LogP contribution in [-0.2, 0) is 6.42 Å². The van der Waals surface area contributed by atoms with Crippen LogP contribution < -0.4 is 5.32 Å². The first-order chi connectivity index (χ1) is 6.36. The molecular formula is C11H14BrN. The average molecular weight is 240 g/mol. The molecule has 0 unspecified atom stereocenters. The molecular weight excluding hydrogens is 226 g/mol. The molecule has 1 N–H and O–H groups in total. The molecule has 0 bridgehead atoms. The quantitative estimate of drug-likeness (QED) is 0.837. The second-order valence-electron chi connectivity index (χ2n) is 3.65. The number of halogens is 1. The molecule has 0 spiro atoms. The van der Waals surface area contributed by atoms with Crippen molar-refractivity contribution in [3.05, 3.63) is 34.3 Å². The van der Waals surface area contributed by atoms with E-state index in [1.165, 1.54) is 36.0 Å². The average Bonchev–Trinajstić information content (AvgIpc) is 2.61. The summed E-state index contributed by atoms with van der Waals surface area (Å²) in [5, 5.41) is 3.40. The predicted octanol–water partition coefficient (Wildman–Crippen LogP) is 2.60. The summed E-state index contributed by atoms with van der Waals surface area (Å²) in [6.45, 7) is 2.37. The van der Waals surface area contributed by atoms with Crippen molar-refractivity contribution in [2.75, 3.05) is 13.1 Å². The van der Waals surface area contributed by atoms with Crippen molar-refractivity contribution < 1.29 is 0 Å². The van der Waals surface area contributed by atoms with Crippen LogP contribution in [0.15, 0.2) is 28.7 Å². The van der Waals surface area contributed by atoms with Crippen LogP contribution in [0.2, 0.25) is 0 Å². The Bertz CT molecular complexity index is 279. The van der Waals surface area contributed by atoms with Crippen molar-refractivity contribution in [2.24, 2.45) is 5.92 Å². The number of hydrogen-bond acceptors (Lipinski definition) is 1. The lowest BCUT2D eigenvalue weighted by Gasteiger charge is -2.09. The molecule has 0 radical (unpaired) electrons. The minimum atomic E-state index is 0.832. The highest BCUT2D eigenvalue weighted by Crippen LogP contribution is 2.21. The summed E-state index contributed by atoms with van der Waals surface area (Å²) in [5.41, 5.74) is 1.44. The SMILES string of the molecule is Brc1ccccc1C[C@H]1CCNC1. The first-order valence-corrected chi connectivity index (χ1v) is 5.59. The van der Waals surface area contributed by atoms with Gasteiger partial charge >= 0.3 is 0 Å². The van der Waals surface area contributed by atoms with Gasteiger partial charge in [-0.25, -0.2) is 0 Å². The van der Waals surface area contributed by atoms with Gasteiger partial charge in [-0.05, 0) is 43.5 Å². The summed E-state index contributed by atoms with van der Waals surface area (Å²) >= 11 is 3.58.